The first-order valence-electron chi connectivity index (χ1n) is 11.6. The monoisotopic (exact) mass is 406 g/mol. The quantitative estimate of drug-likeness (QED) is 0.665. The molecule has 1 amide bonds. The number of carbonyl (C=O) groups excluding carboxylic acids is 1. The smallest absolute Gasteiger partial charge is 0.261 e. The van der Waals surface area contributed by atoms with Gasteiger partial charge in [-0.3, -0.25) is 9.69 Å². The van der Waals surface area contributed by atoms with Gasteiger partial charge in [0.2, 0.25) is 0 Å². The summed E-state index contributed by atoms with van der Waals surface area (Å²) < 4.78 is 6.06. The minimum absolute atomic E-state index is 0.000731. The van der Waals surface area contributed by atoms with E-state index in [1.165, 1.54) is 35.1 Å². The first-order valence-corrected chi connectivity index (χ1v) is 11.6. The van der Waals surface area contributed by atoms with Crippen molar-refractivity contribution < 1.29 is 9.53 Å². The van der Waals surface area contributed by atoms with Gasteiger partial charge >= 0.3 is 0 Å². The molecule has 30 heavy (non-hydrogen) atoms. The predicted molar refractivity (Wildman–Crippen MR) is 121 cm³/mol. The van der Waals surface area contributed by atoms with E-state index in [1.54, 1.807) is 0 Å². The average Bonchev–Trinajstić information content (AvgIpc) is 2.80. The Morgan fingerprint density at radius 2 is 1.80 bits per heavy atom. The molecule has 1 aliphatic carbocycles. The predicted octanol–water partition coefficient (Wildman–Crippen LogP) is 4.29. The molecule has 2 aliphatic rings. The highest BCUT2D eigenvalue weighted by atomic mass is 16.5. The summed E-state index contributed by atoms with van der Waals surface area (Å²) in [6.07, 6.45) is 7.14. The third-order valence-electron chi connectivity index (χ3n) is 6.42. The third kappa shape index (κ3) is 5.23. The van der Waals surface area contributed by atoms with E-state index in [0.717, 1.165) is 51.1 Å². The zero-order chi connectivity index (χ0) is 20.8. The second kappa shape index (κ2) is 10.1. The van der Waals surface area contributed by atoms with Gasteiger partial charge in [0.25, 0.3) is 5.91 Å². The minimum Gasteiger partial charge on any atom is -0.481 e. The summed E-state index contributed by atoms with van der Waals surface area (Å²) in [5, 5.41) is 3.08. The summed E-state index contributed by atoms with van der Waals surface area (Å²) in [5.74, 6) is 0.823. The van der Waals surface area contributed by atoms with Crippen LogP contribution < -0.4 is 10.1 Å². The van der Waals surface area contributed by atoms with Crippen molar-refractivity contribution >= 4 is 5.91 Å². The highest BCUT2D eigenvalue weighted by Gasteiger charge is 2.20. The van der Waals surface area contributed by atoms with Crippen molar-refractivity contribution in [1.29, 1.82) is 0 Å². The van der Waals surface area contributed by atoms with E-state index >= 15 is 0 Å². The Morgan fingerprint density at radius 3 is 2.63 bits per heavy atom. The fourth-order valence-electron chi connectivity index (χ4n) is 4.64. The molecule has 0 bridgehead atoms. The van der Waals surface area contributed by atoms with Crippen molar-refractivity contribution in [2.75, 3.05) is 19.6 Å². The molecule has 0 saturated carbocycles. The second-order valence-corrected chi connectivity index (χ2v) is 8.59. The van der Waals surface area contributed by atoms with Crippen molar-refractivity contribution in [1.82, 2.24) is 10.2 Å². The van der Waals surface area contributed by atoms with E-state index in [0.29, 0.717) is 13.0 Å². The largest absolute Gasteiger partial charge is 0.481 e. The molecule has 1 atom stereocenters. The fraction of sp³-hybridized carbons (Fsp3) is 0.500. The molecule has 0 fully saturated rings. The van der Waals surface area contributed by atoms with Gasteiger partial charge in [0.1, 0.15) is 5.75 Å². The van der Waals surface area contributed by atoms with Gasteiger partial charge in [-0.05, 0) is 79.3 Å². The van der Waals surface area contributed by atoms with E-state index in [4.69, 9.17) is 4.74 Å². The Balaban J connectivity index is 1.21. The molecule has 4 rings (SSSR count). The van der Waals surface area contributed by atoms with E-state index in [1.807, 2.05) is 13.0 Å². The van der Waals surface area contributed by atoms with Gasteiger partial charge in [0.05, 0.1) is 0 Å². The highest BCUT2D eigenvalue weighted by Crippen LogP contribution is 2.26. The fourth-order valence-corrected chi connectivity index (χ4v) is 4.64. The van der Waals surface area contributed by atoms with Crippen LogP contribution in [-0.2, 0) is 30.6 Å². The van der Waals surface area contributed by atoms with Gasteiger partial charge in [-0.15, -0.1) is 0 Å². The molecule has 1 heterocycles. The van der Waals surface area contributed by atoms with Crippen molar-refractivity contribution in [2.45, 2.75) is 64.5 Å². The van der Waals surface area contributed by atoms with Gasteiger partial charge in [0.15, 0.2) is 6.10 Å². The molecule has 0 unspecified atom stereocenters. The first-order chi connectivity index (χ1) is 14.7. The lowest BCUT2D eigenvalue weighted by Gasteiger charge is -2.28. The Hall–Kier alpha value is -2.33. The number of carbonyl (C=O) groups is 1. The number of aryl methyl sites for hydroxylation is 2. The molecule has 1 N–H and O–H groups in total. The molecule has 4 heteroatoms. The second-order valence-electron chi connectivity index (χ2n) is 8.59. The van der Waals surface area contributed by atoms with E-state index in [-0.39, 0.29) is 5.91 Å². The van der Waals surface area contributed by atoms with Crippen LogP contribution in [0.3, 0.4) is 0 Å². The number of amides is 1. The number of fused-ring (bicyclic) bond motifs is 2. The molecule has 2 aromatic rings. The van der Waals surface area contributed by atoms with Crippen LogP contribution in [0, 0.1) is 0 Å². The molecule has 160 valence electrons. The Bertz CT molecular complexity index is 864. The normalized spacial score (nSPS) is 17.0. The molecule has 0 aromatic heterocycles. The molecule has 0 saturated heterocycles. The molecular weight excluding hydrogens is 372 g/mol. The Morgan fingerprint density at radius 1 is 1.03 bits per heavy atom. The number of hydrogen-bond acceptors (Lipinski definition) is 3. The van der Waals surface area contributed by atoms with Gasteiger partial charge < -0.3 is 10.1 Å². The molecule has 1 aliphatic heterocycles. The average molecular weight is 407 g/mol. The van der Waals surface area contributed by atoms with Crippen molar-refractivity contribution in [3.63, 3.8) is 0 Å². The number of nitrogens with zero attached hydrogens (tertiary/aromatic N) is 1. The van der Waals surface area contributed by atoms with Crippen LogP contribution in [0.4, 0.5) is 0 Å². The lowest BCUT2D eigenvalue weighted by Crippen LogP contribution is -2.39. The summed E-state index contributed by atoms with van der Waals surface area (Å²) in [5.41, 5.74) is 5.74. The Kier molecular flexibility index (Phi) is 7.06. The molecular formula is C26H34N2O2. The lowest BCUT2D eigenvalue weighted by molar-refractivity contribution is -0.128. The standard InChI is InChI=1S/C26H34N2O2/c1-2-25(30-24-13-12-20-8-3-5-10-22(20)18-24)26(29)27-15-7-16-28-17-14-21-9-4-6-11-23(21)19-28/h4,6,9,11-13,18,25H,2-3,5,7-8,10,14-17,19H2,1H3,(H,27,29)/t25-/m1/s1. The van der Waals surface area contributed by atoms with Crippen LogP contribution in [-0.4, -0.2) is 36.5 Å². The van der Waals surface area contributed by atoms with Crippen LogP contribution in [0.25, 0.3) is 0 Å². The topological polar surface area (TPSA) is 41.6 Å². The number of ether oxygens (including phenoxy) is 1. The summed E-state index contributed by atoms with van der Waals surface area (Å²) in [4.78, 5) is 15.1. The van der Waals surface area contributed by atoms with E-state index in [2.05, 4.69) is 46.6 Å². The highest BCUT2D eigenvalue weighted by molar-refractivity contribution is 5.81. The molecule has 0 radical (unpaired) electrons. The maximum atomic E-state index is 12.6. The number of rotatable bonds is 8. The Labute approximate surface area is 180 Å². The van der Waals surface area contributed by atoms with Crippen molar-refractivity contribution in [3.8, 4) is 5.75 Å². The maximum absolute atomic E-state index is 12.6. The van der Waals surface area contributed by atoms with Crippen LogP contribution in [0.15, 0.2) is 42.5 Å². The third-order valence-corrected chi connectivity index (χ3v) is 6.42. The lowest BCUT2D eigenvalue weighted by atomic mass is 9.92. The number of nitrogens with one attached hydrogen (secondary N) is 1. The number of hydrogen-bond donors (Lipinski definition) is 1. The minimum atomic E-state index is -0.423. The molecule has 2 aromatic carbocycles. The van der Waals surface area contributed by atoms with Crippen LogP contribution in [0.5, 0.6) is 5.75 Å². The van der Waals surface area contributed by atoms with Gasteiger partial charge in [-0.1, -0.05) is 37.3 Å². The van der Waals surface area contributed by atoms with Crippen molar-refractivity contribution in [2.24, 2.45) is 0 Å². The summed E-state index contributed by atoms with van der Waals surface area (Å²) in [6, 6.07) is 15.0. The maximum Gasteiger partial charge on any atom is 0.261 e. The number of benzene rings is 2. The summed E-state index contributed by atoms with van der Waals surface area (Å²) >= 11 is 0. The van der Waals surface area contributed by atoms with Crippen LogP contribution in [0.2, 0.25) is 0 Å². The zero-order valence-electron chi connectivity index (χ0n) is 18.2. The zero-order valence-corrected chi connectivity index (χ0v) is 18.2. The van der Waals surface area contributed by atoms with Crippen LogP contribution >= 0.6 is 0 Å². The SMILES string of the molecule is CC[C@@H](Oc1ccc2c(c1)CCCC2)C(=O)NCCCN1CCc2ccccc2C1. The molecule has 4 nitrogen and oxygen atoms in total. The van der Waals surface area contributed by atoms with E-state index in [9.17, 15) is 4.79 Å². The van der Waals surface area contributed by atoms with Gasteiger partial charge in [-0.2, -0.15) is 0 Å². The van der Waals surface area contributed by atoms with Gasteiger partial charge in [-0.25, -0.2) is 0 Å². The molecule has 0 spiro atoms. The van der Waals surface area contributed by atoms with E-state index < -0.39 is 6.10 Å². The first kappa shape index (κ1) is 20.9. The summed E-state index contributed by atoms with van der Waals surface area (Å²) in [7, 11) is 0. The van der Waals surface area contributed by atoms with Gasteiger partial charge in [0, 0.05) is 26.2 Å². The van der Waals surface area contributed by atoms with Crippen LogP contribution in [0.1, 0.15) is 54.9 Å². The van der Waals surface area contributed by atoms with Crippen molar-refractivity contribution in [3.05, 3.63) is 64.7 Å². The summed E-state index contributed by atoms with van der Waals surface area (Å²) in [6.45, 7) is 5.83.